The Balaban J connectivity index is 2.70. The minimum Gasteiger partial charge on any atom is -0.594 e. The highest BCUT2D eigenvalue weighted by Crippen LogP contribution is 2.12. The van der Waals surface area contributed by atoms with Gasteiger partial charge in [-0.1, -0.05) is 39.0 Å². The van der Waals surface area contributed by atoms with Crippen molar-refractivity contribution in [2.75, 3.05) is 0 Å². The zero-order chi connectivity index (χ0) is 10.6. The number of hydrogen-bond donors (Lipinski definition) is 0. The van der Waals surface area contributed by atoms with Crippen LogP contribution in [0.1, 0.15) is 20.8 Å². The third-order valence-corrected chi connectivity index (χ3v) is 1.37. The quantitative estimate of drug-likeness (QED) is 0.503. The molecule has 1 aromatic carbocycles. The molecule has 3 nitrogen and oxygen atoms in total. The van der Waals surface area contributed by atoms with E-state index in [0.717, 1.165) is 0 Å². The van der Waals surface area contributed by atoms with Crippen molar-refractivity contribution in [2.45, 2.75) is 26.4 Å². The summed E-state index contributed by atoms with van der Waals surface area (Å²) in [5.74, 6) is 0. The van der Waals surface area contributed by atoms with E-state index in [4.69, 9.17) is 4.74 Å². The van der Waals surface area contributed by atoms with Gasteiger partial charge in [0.05, 0.1) is 5.69 Å². The Labute approximate surface area is 84.1 Å². The van der Waals surface area contributed by atoms with Crippen LogP contribution in [0.2, 0.25) is 0 Å². The summed E-state index contributed by atoms with van der Waals surface area (Å²) in [5.41, 5.74) is 0.122. The van der Waals surface area contributed by atoms with E-state index in [-0.39, 0.29) is 0 Å². The molecule has 0 aliphatic carbocycles. The molecule has 0 saturated heterocycles. The maximum absolute atomic E-state index is 11.2. The van der Waals surface area contributed by atoms with Crippen LogP contribution in [0.3, 0.4) is 0 Å². The van der Waals surface area contributed by atoms with Gasteiger partial charge < -0.3 is 9.84 Å². The highest BCUT2D eigenvalue weighted by molar-refractivity contribution is 5.67. The van der Waals surface area contributed by atoms with Crippen LogP contribution in [0.4, 0.5) is 5.69 Å². The first kappa shape index (κ1) is 10.6. The topological polar surface area (TPSA) is 44.6 Å². The van der Waals surface area contributed by atoms with Gasteiger partial charge in [-0.05, 0) is 12.1 Å². The van der Waals surface area contributed by atoms with Crippen LogP contribution >= 0.6 is 0 Å². The Morgan fingerprint density at radius 2 is 1.79 bits per heavy atom. The summed E-state index contributed by atoms with van der Waals surface area (Å²) in [6.07, 6.45) is -0.552. The van der Waals surface area contributed by atoms with E-state index in [2.05, 4.69) is 4.99 Å². The largest absolute Gasteiger partial charge is 0.594 e. The summed E-state index contributed by atoms with van der Waals surface area (Å²) in [6.45, 7) is 5.43. The lowest BCUT2D eigenvalue weighted by Crippen LogP contribution is -2.31. The highest BCUT2D eigenvalue weighted by atomic mass is 16.6. The lowest BCUT2D eigenvalue weighted by atomic mass is 10.2. The van der Waals surface area contributed by atoms with Gasteiger partial charge >= 0.3 is 0 Å². The van der Waals surface area contributed by atoms with Crippen molar-refractivity contribution in [3.63, 3.8) is 0 Å². The van der Waals surface area contributed by atoms with E-state index in [1.165, 1.54) is 0 Å². The fourth-order valence-electron chi connectivity index (χ4n) is 0.893. The van der Waals surface area contributed by atoms with Crippen molar-refractivity contribution in [3.05, 3.63) is 30.3 Å². The number of benzene rings is 1. The average Bonchev–Trinajstić information content (AvgIpc) is 2.02. The van der Waals surface area contributed by atoms with Gasteiger partial charge in [0.1, 0.15) is 0 Å². The zero-order valence-corrected chi connectivity index (χ0v) is 8.65. The van der Waals surface area contributed by atoms with E-state index in [1.807, 2.05) is 39.0 Å². The van der Waals surface area contributed by atoms with E-state index in [9.17, 15) is 5.11 Å². The van der Waals surface area contributed by atoms with Crippen molar-refractivity contribution in [3.8, 4) is 0 Å². The van der Waals surface area contributed by atoms with Crippen LogP contribution in [0.25, 0.3) is 0 Å². The van der Waals surface area contributed by atoms with Gasteiger partial charge in [0.2, 0.25) is 0 Å². The molecule has 0 atom stereocenters. The summed E-state index contributed by atoms with van der Waals surface area (Å²) in [7, 11) is 0. The first-order valence-electron chi connectivity index (χ1n) is 4.47. The Bertz CT molecular complexity index is 312. The molecule has 0 aromatic heterocycles. The molecule has 0 bridgehead atoms. The maximum Gasteiger partial charge on any atom is 0.151 e. The van der Waals surface area contributed by atoms with E-state index < -0.39 is 11.7 Å². The minimum atomic E-state index is -0.552. The third-order valence-electron chi connectivity index (χ3n) is 1.37. The summed E-state index contributed by atoms with van der Waals surface area (Å²) < 4.78 is 5.04. The zero-order valence-electron chi connectivity index (χ0n) is 8.65. The van der Waals surface area contributed by atoms with Gasteiger partial charge in [0.15, 0.2) is 6.08 Å². The predicted octanol–water partition coefficient (Wildman–Crippen LogP) is 1.85. The number of rotatable bonds is 1. The van der Waals surface area contributed by atoms with Gasteiger partial charge in [0.25, 0.3) is 0 Å². The molecule has 1 aromatic rings. The average molecular weight is 192 g/mol. The van der Waals surface area contributed by atoms with E-state index in [1.54, 1.807) is 12.1 Å². The van der Waals surface area contributed by atoms with Crippen LogP contribution in [-0.2, 0) is 4.74 Å². The molecular weight excluding hydrogens is 178 g/mol. The molecule has 1 rings (SSSR count). The molecule has 14 heavy (non-hydrogen) atoms. The number of ether oxygens (including phenoxy) is 1. The fourth-order valence-corrected chi connectivity index (χ4v) is 0.893. The number of para-hydroxylation sites is 1. The predicted molar refractivity (Wildman–Crippen MR) is 54.4 cm³/mol. The monoisotopic (exact) mass is 192 g/mol. The highest BCUT2D eigenvalue weighted by Gasteiger charge is 2.03. The van der Waals surface area contributed by atoms with E-state index in [0.29, 0.717) is 5.69 Å². The van der Waals surface area contributed by atoms with Gasteiger partial charge in [-0.3, -0.25) is 0 Å². The molecule has 3 heteroatoms. The molecular formula is C11H14NO2-. The minimum absolute atomic E-state index is 0.491. The van der Waals surface area contributed by atoms with E-state index >= 15 is 0 Å². The summed E-state index contributed by atoms with van der Waals surface area (Å²) in [4.78, 5) is 3.78. The molecule has 0 N–H and O–H groups in total. The molecule has 0 unspecified atom stereocenters. The van der Waals surface area contributed by atoms with Crippen molar-refractivity contribution >= 4 is 11.8 Å². The van der Waals surface area contributed by atoms with Crippen molar-refractivity contribution in [1.82, 2.24) is 0 Å². The molecule has 0 radical (unpaired) electrons. The maximum atomic E-state index is 11.2. The van der Waals surface area contributed by atoms with Gasteiger partial charge in [-0.15, -0.1) is 0 Å². The standard InChI is InChI=1S/C11H15NO2/c1-11(2,3)14-10(13)12-9-7-5-4-6-8-9/h4-8H,1-3H3,(H,12,13)/p-1. The Kier molecular flexibility index (Phi) is 3.12. The second-order valence-corrected chi connectivity index (χ2v) is 3.93. The number of hydrogen-bond acceptors (Lipinski definition) is 3. The van der Waals surface area contributed by atoms with Crippen molar-refractivity contribution < 1.29 is 9.84 Å². The second kappa shape index (κ2) is 4.13. The first-order chi connectivity index (χ1) is 6.47. The van der Waals surface area contributed by atoms with Crippen LogP contribution in [0.15, 0.2) is 35.3 Å². The summed E-state index contributed by atoms with van der Waals surface area (Å²) >= 11 is 0. The van der Waals surface area contributed by atoms with Crippen molar-refractivity contribution in [1.29, 1.82) is 0 Å². The summed E-state index contributed by atoms with van der Waals surface area (Å²) in [5, 5.41) is 11.2. The lowest BCUT2D eigenvalue weighted by molar-refractivity contribution is -0.259. The number of nitrogens with zero attached hydrogens (tertiary/aromatic N) is 1. The molecule has 0 aliphatic heterocycles. The Morgan fingerprint density at radius 3 is 2.29 bits per heavy atom. The first-order valence-corrected chi connectivity index (χ1v) is 4.47. The van der Waals surface area contributed by atoms with Crippen molar-refractivity contribution in [2.24, 2.45) is 4.99 Å². The van der Waals surface area contributed by atoms with Crippen LogP contribution in [-0.4, -0.2) is 11.7 Å². The molecule has 0 spiro atoms. The smallest absolute Gasteiger partial charge is 0.151 e. The van der Waals surface area contributed by atoms with Crippen LogP contribution < -0.4 is 5.11 Å². The lowest BCUT2D eigenvalue weighted by Gasteiger charge is -2.29. The Hall–Kier alpha value is -1.51. The fraction of sp³-hybridized carbons (Fsp3) is 0.364. The molecule has 76 valence electrons. The SMILES string of the molecule is CC(C)(C)OC([O-])=Nc1ccccc1. The summed E-state index contributed by atoms with van der Waals surface area (Å²) in [6, 6.07) is 9.02. The Morgan fingerprint density at radius 1 is 1.21 bits per heavy atom. The molecule has 0 fully saturated rings. The van der Waals surface area contributed by atoms with Crippen LogP contribution in [0.5, 0.6) is 0 Å². The second-order valence-electron chi connectivity index (χ2n) is 3.93. The number of aliphatic imine (C=N–C) groups is 1. The van der Waals surface area contributed by atoms with Gasteiger partial charge in [-0.2, -0.15) is 0 Å². The molecule has 0 amide bonds. The van der Waals surface area contributed by atoms with Gasteiger partial charge in [0, 0.05) is 5.60 Å². The normalized spacial score (nSPS) is 12.6. The molecule has 0 heterocycles. The molecule has 0 aliphatic rings. The van der Waals surface area contributed by atoms with Gasteiger partial charge in [-0.25, -0.2) is 4.99 Å². The molecule has 0 saturated carbocycles. The van der Waals surface area contributed by atoms with Crippen LogP contribution in [0, 0.1) is 0 Å². The third kappa shape index (κ3) is 3.94.